The molecule has 0 saturated carbocycles. The van der Waals surface area contributed by atoms with Crippen molar-refractivity contribution in [1.82, 2.24) is 9.78 Å². The molecule has 1 unspecified atom stereocenters. The summed E-state index contributed by atoms with van der Waals surface area (Å²) in [6.07, 6.45) is 1.79. The molecule has 0 radical (unpaired) electrons. The number of hydrogen-bond acceptors (Lipinski definition) is 2. The third kappa shape index (κ3) is 1.19. The summed E-state index contributed by atoms with van der Waals surface area (Å²) in [6.45, 7) is 2.77. The maximum Gasteiger partial charge on any atom is 0.0492 e. The van der Waals surface area contributed by atoms with Gasteiger partial charge in [0.1, 0.15) is 0 Å². The van der Waals surface area contributed by atoms with Gasteiger partial charge < -0.3 is 5.73 Å². The summed E-state index contributed by atoms with van der Waals surface area (Å²) in [5.41, 5.74) is 6.69. The molecular formula is C7H13N3. The summed E-state index contributed by atoms with van der Waals surface area (Å²) in [5, 5.41) is 4.05. The van der Waals surface area contributed by atoms with Crippen LogP contribution in [0.5, 0.6) is 0 Å². The van der Waals surface area contributed by atoms with Gasteiger partial charge in [-0.2, -0.15) is 5.10 Å². The molecule has 56 valence electrons. The van der Waals surface area contributed by atoms with Crippen LogP contribution in [0.15, 0.2) is 12.3 Å². The van der Waals surface area contributed by atoms with E-state index in [9.17, 15) is 0 Å². The van der Waals surface area contributed by atoms with Gasteiger partial charge in [0, 0.05) is 31.4 Å². The van der Waals surface area contributed by atoms with Crippen molar-refractivity contribution in [2.75, 3.05) is 6.54 Å². The molecule has 1 aromatic heterocycles. The molecule has 1 heterocycles. The maximum absolute atomic E-state index is 5.49. The van der Waals surface area contributed by atoms with Crippen molar-refractivity contribution in [2.45, 2.75) is 12.8 Å². The quantitative estimate of drug-likeness (QED) is 0.647. The lowest BCUT2D eigenvalue weighted by molar-refractivity contribution is 0.643. The number of nitrogens with zero attached hydrogens (tertiary/aromatic N) is 2. The van der Waals surface area contributed by atoms with Crippen LogP contribution in [0.1, 0.15) is 18.5 Å². The van der Waals surface area contributed by atoms with Gasteiger partial charge in [0.25, 0.3) is 0 Å². The Morgan fingerprint density at radius 3 is 2.90 bits per heavy atom. The lowest BCUT2D eigenvalue weighted by atomic mass is 10.1. The number of hydrogen-bond donors (Lipinski definition) is 1. The van der Waals surface area contributed by atoms with Crippen molar-refractivity contribution in [3.05, 3.63) is 18.0 Å². The normalized spacial score (nSPS) is 13.5. The van der Waals surface area contributed by atoms with E-state index in [1.165, 1.54) is 5.69 Å². The molecule has 0 aliphatic rings. The van der Waals surface area contributed by atoms with Crippen LogP contribution in [0.4, 0.5) is 0 Å². The van der Waals surface area contributed by atoms with Crippen molar-refractivity contribution in [1.29, 1.82) is 0 Å². The van der Waals surface area contributed by atoms with Crippen molar-refractivity contribution in [2.24, 2.45) is 12.8 Å². The number of aryl methyl sites for hydroxylation is 1. The second-order valence-electron chi connectivity index (χ2n) is 2.52. The van der Waals surface area contributed by atoms with Crippen molar-refractivity contribution < 1.29 is 0 Å². The minimum Gasteiger partial charge on any atom is -0.330 e. The minimum absolute atomic E-state index is 0.410. The van der Waals surface area contributed by atoms with E-state index in [-0.39, 0.29) is 0 Å². The van der Waals surface area contributed by atoms with Gasteiger partial charge in [-0.1, -0.05) is 6.92 Å². The number of rotatable bonds is 2. The van der Waals surface area contributed by atoms with E-state index in [0.717, 1.165) is 0 Å². The fraction of sp³-hybridized carbons (Fsp3) is 0.571. The predicted molar refractivity (Wildman–Crippen MR) is 40.7 cm³/mol. The van der Waals surface area contributed by atoms with Crippen molar-refractivity contribution in [3.8, 4) is 0 Å². The molecule has 0 aliphatic heterocycles. The lowest BCUT2D eigenvalue weighted by Gasteiger charge is -2.07. The first-order valence-electron chi connectivity index (χ1n) is 3.43. The molecule has 3 heteroatoms. The topological polar surface area (TPSA) is 43.8 Å². The van der Waals surface area contributed by atoms with Gasteiger partial charge in [-0.3, -0.25) is 4.68 Å². The summed E-state index contributed by atoms with van der Waals surface area (Å²) >= 11 is 0. The van der Waals surface area contributed by atoms with Crippen LogP contribution in [-0.4, -0.2) is 16.3 Å². The van der Waals surface area contributed by atoms with Gasteiger partial charge in [-0.15, -0.1) is 0 Å². The molecule has 0 bridgehead atoms. The Hall–Kier alpha value is -0.830. The summed E-state index contributed by atoms with van der Waals surface area (Å²) < 4.78 is 1.86. The average molecular weight is 139 g/mol. The zero-order valence-corrected chi connectivity index (χ0v) is 6.41. The second-order valence-corrected chi connectivity index (χ2v) is 2.52. The largest absolute Gasteiger partial charge is 0.330 e. The van der Waals surface area contributed by atoms with Crippen LogP contribution >= 0.6 is 0 Å². The van der Waals surface area contributed by atoms with Gasteiger partial charge in [0.2, 0.25) is 0 Å². The van der Waals surface area contributed by atoms with Crippen LogP contribution in [0, 0.1) is 0 Å². The van der Waals surface area contributed by atoms with E-state index in [4.69, 9.17) is 5.73 Å². The van der Waals surface area contributed by atoms with Crippen LogP contribution < -0.4 is 5.73 Å². The number of nitrogens with two attached hydrogens (primary N) is 1. The van der Waals surface area contributed by atoms with Crippen LogP contribution in [-0.2, 0) is 7.05 Å². The Labute approximate surface area is 60.8 Å². The Morgan fingerprint density at radius 1 is 1.80 bits per heavy atom. The Morgan fingerprint density at radius 2 is 2.50 bits per heavy atom. The SMILES string of the molecule is CC(CN)c1ccnn1C. The minimum atomic E-state index is 0.410. The van der Waals surface area contributed by atoms with E-state index in [1.807, 2.05) is 17.8 Å². The van der Waals surface area contributed by atoms with E-state index in [1.54, 1.807) is 6.20 Å². The molecule has 1 atom stereocenters. The van der Waals surface area contributed by atoms with E-state index in [0.29, 0.717) is 12.5 Å². The summed E-state index contributed by atoms with van der Waals surface area (Å²) in [7, 11) is 1.93. The smallest absolute Gasteiger partial charge is 0.0492 e. The molecule has 3 nitrogen and oxygen atoms in total. The van der Waals surface area contributed by atoms with E-state index < -0.39 is 0 Å². The van der Waals surface area contributed by atoms with E-state index >= 15 is 0 Å². The lowest BCUT2D eigenvalue weighted by Crippen LogP contribution is -2.12. The average Bonchev–Trinajstić information content (AvgIpc) is 2.34. The molecule has 0 fully saturated rings. The molecule has 1 aromatic rings. The second kappa shape index (κ2) is 2.84. The molecule has 2 N–H and O–H groups in total. The highest BCUT2D eigenvalue weighted by molar-refractivity contribution is 5.06. The zero-order valence-electron chi connectivity index (χ0n) is 6.41. The monoisotopic (exact) mass is 139 g/mol. The fourth-order valence-corrected chi connectivity index (χ4v) is 0.988. The summed E-state index contributed by atoms with van der Waals surface area (Å²) in [6, 6.07) is 2.00. The Balaban J connectivity index is 2.82. The molecule has 10 heavy (non-hydrogen) atoms. The molecule has 0 spiro atoms. The van der Waals surface area contributed by atoms with Crippen LogP contribution in [0.2, 0.25) is 0 Å². The van der Waals surface area contributed by atoms with E-state index in [2.05, 4.69) is 12.0 Å². The highest BCUT2D eigenvalue weighted by Gasteiger charge is 2.05. The van der Waals surface area contributed by atoms with Crippen LogP contribution in [0.3, 0.4) is 0 Å². The standard InChI is InChI=1S/C7H13N3/c1-6(5-8)7-3-4-9-10(7)2/h3-4,6H,5,8H2,1-2H3. The summed E-state index contributed by atoms with van der Waals surface area (Å²) in [5.74, 6) is 0.410. The van der Waals surface area contributed by atoms with Gasteiger partial charge in [0.15, 0.2) is 0 Å². The third-order valence-corrected chi connectivity index (χ3v) is 1.72. The third-order valence-electron chi connectivity index (χ3n) is 1.72. The zero-order chi connectivity index (χ0) is 7.56. The number of aromatic nitrogens is 2. The van der Waals surface area contributed by atoms with Gasteiger partial charge in [0.05, 0.1) is 0 Å². The molecule has 0 aliphatic carbocycles. The first-order valence-corrected chi connectivity index (χ1v) is 3.43. The Kier molecular flexibility index (Phi) is 2.06. The predicted octanol–water partition coefficient (Wildman–Crippen LogP) is 0.482. The first-order chi connectivity index (χ1) is 4.75. The molecule has 1 rings (SSSR count). The van der Waals surface area contributed by atoms with Crippen LogP contribution in [0.25, 0.3) is 0 Å². The van der Waals surface area contributed by atoms with Gasteiger partial charge >= 0.3 is 0 Å². The molecular weight excluding hydrogens is 126 g/mol. The summed E-state index contributed by atoms with van der Waals surface area (Å²) in [4.78, 5) is 0. The maximum atomic E-state index is 5.49. The van der Waals surface area contributed by atoms with Gasteiger partial charge in [-0.25, -0.2) is 0 Å². The molecule has 0 saturated heterocycles. The van der Waals surface area contributed by atoms with Gasteiger partial charge in [-0.05, 0) is 6.07 Å². The molecule has 0 amide bonds. The first kappa shape index (κ1) is 7.28. The van der Waals surface area contributed by atoms with Crippen molar-refractivity contribution >= 4 is 0 Å². The van der Waals surface area contributed by atoms with Crippen molar-refractivity contribution in [3.63, 3.8) is 0 Å². The molecule has 0 aromatic carbocycles. The highest BCUT2D eigenvalue weighted by Crippen LogP contribution is 2.10. The Bertz CT molecular complexity index is 204. The fourth-order valence-electron chi connectivity index (χ4n) is 0.988. The highest BCUT2D eigenvalue weighted by atomic mass is 15.3.